The summed E-state index contributed by atoms with van der Waals surface area (Å²) in [6.45, 7) is -0.239. The highest BCUT2D eigenvalue weighted by molar-refractivity contribution is 7.84. The predicted molar refractivity (Wildman–Crippen MR) is 53.5 cm³/mol. The molecule has 0 saturated carbocycles. The molecule has 15 heavy (non-hydrogen) atoms. The monoisotopic (exact) mass is 260 g/mol. The first-order valence-corrected chi connectivity index (χ1v) is 6.07. The van der Waals surface area contributed by atoms with Gasteiger partial charge in [0.15, 0.2) is 22.2 Å². The second-order valence-electron chi connectivity index (χ2n) is 2.51. The number of carbonyl (C=O) groups is 1. The number of hydrogen-bond donors (Lipinski definition) is 4. The van der Waals surface area contributed by atoms with Crippen molar-refractivity contribution in [1.29, 1.82) is 0 Å². The minimum atomic E-state index is -2.42. The fourth-order valence-electron chi connectivity index (χ4n) is 0.785. The van der Waals surface area contributed by atoms with Crippen LogP contribution in [0.2, 0.25) is 0 Å². The van der Waals surface area contributed by atoms with E-state index in [2.05, 4.69) is 10.5 Å². The molecule has 0 heterocycles. The average Bonchev–Trinajstić information content (AvgIpc) is 2.10. The van der Waals surface area contributed by atoms with Crippen molar-refractivity contribution in [3.63, 3.8) is 0 Å². The maximum Gasteiger partial charge on any atom is 0.404 e. The molecular formula is C5H12N2O6S2. The maximum absolute atomic E-state index is 10.7. The Hall–Kier alpha value is -0.550. The van der Waals surface area contributed by atoms with Gasteiger partial charge < -0.3 is 25.3 Å². The van der Waals surface area contributed by atoms with Crippen molar-refractivity contribution >= 4 is 28.3 Å². The molecule has 0 bridgehead atoms. The van der Waals surface area contributed by atoms with E-state index in [0.717, 1.165) is 0 Å². The van der Waals surface area contributed by atoms with Crippen LogP contribution in [-0.2, 0) is 26.9 Å². The van der Waals surface area contributed by atoms with E-state index < -0.39 is 38.9 Å². The smallest absolute Gasteiger partial charge is 0.404 e. The van der Waals surface area contributed by atoms with Gasteiger partial charge in [0.1, 0.15) is 5.37 Å². The number of carbonyl (C=O) groups excluding carboxylic acids is 1. The first-order valence-electron chi connectivity index (χ1n) is 3.73. The van der Waals surface area contributed by atoms with Gasteiger partial charge in [-0.1, -0.05) is 0 Å². The van der Waals surface area contributed by atoms with Crippen LogP contribution in [0.4, 0.5) is 4.79 Å². The third-order valence-corrected chi connectivity index (χ3v) is 3.52. The van der Waals surface area contributed by atoms with Crippen LogP contribution in [0.3, 0.4) is 0 Å². The summed E-state index contributed by atoms with van der Waals surface area (Å²) in [7, 11) is 0. The van der Waals surface area contributed by atoms with Crippen LogP contribution in [0.15, 0.2) is 0 Å². The van der Waals surface area contributed by atoms with Gasteiger partial charge in [-0.3, -0.25) is 0 Å². The Labute approximate surface area is 90.9 Å². The van der Waals surface area contributed by atoms with Crippen LogP contribution in [0, 0.1) is 0 Å². The third-order valence-electron chi connectivity index (χ3n) is 1.50. The Morgan fingerprint density at radius 3 is 2.20 bits per heavy atom. The van der Waals surface area contributed by atoms with Crippen LogP contribution in [0.1, 0.15) is 6.42 Å². The van der Waals surface area contributed by atoms with Gasteiger partial charge in [-0.15, -0.1) is 0 Å². The number of hydrogen-bond acceptors (Lipinski definition) is 5. The van der Waals surface area contributed by atoms with Gasteiger partial charge in [-0.2, -0.15) is 0 Å². The molecule has 0 aromatic heterocycles. The highest BCUT2D eigenvalue weighted by atomic mass is 32.2. The van der Waals surface area contributed by atoms with E-state index in [4.69, 9.17) is 14.8 Å². The van der Waals surface area contributed by atoms with E-state index >= 15 is 0 Å². The van der Waals surface area contributed by atoms with E-state index in [-0.39, 0.29) is 13.0 Å². The summed E-state index contributed by atoms with van der Waals surface area (Å²) in [4.78, 5) is 10.2. The predicted octanol–water partition coefficient (Wildman–Crippen LogP) is -1.43. The highest BCUT2D eigenvalue weighted by Crippen LogP contribution is 2.07. The Balaban J connectivity index is 4.23. The molecule has 0 rings (SSSR count). The van der Waals surface area contributed by atoms with E-state index in [9.17, 15) is 13.2 Å². The first kappa shape index (κ1) is 14.5. The number of rotatable bonds is 6. The average molecular weight is 260 g/mol. The molecule has 0 aromatic carbocycles. The molecule has 0 fully saturated rings. The van der Waals surface area contributed by atoms with Gasteiger partial charge in [0.05, 0.1) is 11.9 Å². The highest BCUT2D eigenvalue weighted by Gasteiger charge is 2.27. The molecule has 0 aliphatic rings. The lowest BCUT2D eigenvalue weighted by atomic mass is 10.3. The summed E-state index contributed by atoms with van der Waals surface area (Å²) in [6.07, 6.45) is -1.16. The largest absolute Gasteiger partial charge is 0.450 e. The lowest BCUT2D eigenvalue weighted by molar-refractivity contribution is 0.154. The summed E-state index contributed by atoms with van der Waals surface area (Å²) < 4.78 is 43.0. The second-order valence-corrected chi connectivity index (χ2v) is 4.77. The molecule has 0 radical (unpaired) electrons. The standard InChI is InChI=1S/C5H12N2O6S2/c6-4(15(11)12)3(14(9)10)1-2-13-5(7)8/h3-4H,1-2,6H2,(H2,7,8)(H,9,10)(H,11,12). The summed E-state index contributed by atoms with van der Waals surface area (Å²) in [5.41, 5.74) is 9.85. The molecule has 8 nitrogen and oxygen atoms in total. The van der Waals surface area contributed by atoms with Gasteiger partial charge >= 0.3 is 6.09 Å². The van der Waals surface area contributed by atoms with Crippen LogP contribution in [-0.4, -0.2) is 40.8 Å². The summed E-state index contributed by atoms with van der Waals surface area (Å²) in [5.74, 6) is 0. The summed E-state index contributed by atoms with van der Waals surface area (Å²) in [6, 6.07) is 0. The molecule has 0 aliphatic carbocycles. The Kier molecular flexibility index (Phi) is 6.60. The van der Waals surface area contributed by atoms with Gasteiger partial charge in [-0.25, -0.2) is 13.2 Å². The van der Waals surface area contributed by atoms with Gasteiger partial charge in [-0.05, 0) is 0 Å². The molecule has 0 spiro atoms. The van der Waals surface area contributed by atoms with E-state index in [1.54, 1.807) is 0 Å². The first-order chi connectivity index (χ1) is 6.86. The van der Waals surface area contributed by atoms with Crippen molar-refractivity contribution in [3.05, 3.63) is 0 Å². The van der Waals surface area contributed by atoms with Crippen LogP contribution in [0.25, 0.3) is 0 Å². The molecule has 0 aliphatic heterocycles. The van der Waals surface area contributed by atoms with E-state index in [1.807, 2.05) is 0 Å². The van der Waals surface area contributed by atoms with Crippen molar-refractivity contribution in [2.45, 2.75) is 17.0 Å². The lowest BCUT2D eigenvalue weighted by Gasteiger charge is -2.16. The van der Waals surface area contributed by atoms with E-state index in [1.165, 1.54) is 0 Å². The second kappa shape index (κ2) is 6.85. The van der Waals surface area contributed by atoms with Crippen molar-refractivity contribution in [2.24, 2.45) is 11.5 Å². The lowest BCUT2D eigenvalue weighted by Crippen LogP contribution is -2.41. The normalized spacial score (nSPS) is 18.9. The summed E-state index contributed by atoms with van der Waals surface area (Å²) in [5, 5.41) is -2.54. The van der Waals surface area contributed by atoms with Gasteiger partial charge in [0.25, 0.3) is 0 Å². The zero-order valence-corrected chi connectivity index (χ0v) is 9.20. The number of ether oxygens (including phenoxy) is 1. The minimum Gasteiger partial charge on any atom is -0.450 e. The molecule has 10 heteroatoms. The van der Waals surface area contributed by atoms with E-state index in [0.29, 0.717) is 0 Å². The Morgan fingerprint density at radius 1 is 1.33 bits per heavy atom. The van der Waals surface area contributed by atoms with Crippen LogP contribution < -0.4 is 11.5 Å². The number of nitrogens with two attached hydrogens (primary N) is 2. The Bertz CT molecular complexity index is 272. The molecule has 1 amide bonds. The molecule has 6 N–H and O–H groups in total. The quantitative estimate of drug-likeness (QED) is 0.427. The fourth-order valence-corrected chi connectivity index (χ4v) is 2.28. The molecular weight excluding hydrogens is 248 g/mol. The van der Waals surface area contributed by atoms with Gasteiger partial charge in [0, 0.05) is 6.42 Å². The molecule has 0 aromatic rings. The minimum absolute atomic E-state index is 0.125. The third kappa shape index (κ3) is 5.79. The summed E-state index contributed by atoms with van der Waals surface area (Å²) >= 11 is -4.80. The number of amides is 1. The molecule has 4 atom stereocenters. The Morgan fingerprint density at radius 2 is 1.87 bits per heavy atom. The zero-order valence-electron chi connectivity index (χ0n) is 7.57. The number of primary amides is 1. The molecule has 4 unspecified atom stereocenters. The van der Waals surface area contributed by atoms with Crippen molar-refractivity contribution in [3.8, 4) is 0 Å². The molecule has 0 saturated heterocycles. The molecule has 90 valence electrons. The van der Waals surface area contributed by atoms with Crippen molar-refractivity contribution in [1.82, 2.24) is 0 Å². The van der Waals surface area contributed by atoms with Crippen LogP contribution in [0.5, 0.6) is 0 Å². The zero-order chi connectivity index (χ0) is 12.0. The van der Waals surface area contributed by atoms with Crippen molar-refractivity contribution in [2.75, 3.05) is 6.61 Å². The fraction of sp³-hybridized carbons (Fsp3) is 0.800. The topological polar surface area (TPSA) is 153 Å². The maximum atomic E-state index is 10.7. The van der Waals surface area contributed by atoms with Crippen molar-refractivity contribution < 1.29 is 27.1 Å². The van der Waals surface area contributed by atoms with Crippen LogP contribution >= 0.6 is 0 Å². The SMILES string of the molecule is NC(=O)OCCC(C(N)S(=O)O)S(=O)O. The van der Waals surface area contributed by atoms with Gasteiger partial charge in [0.2, 0.25) is 0 Å².